The summed E-state index contributed by atoms with van der Waals surface area (Å²) in [6.45, 7) is 6.99. The van der Waals surface area contributed by atoms with Crippen molar-refractivity contribution < 1.29 is 9.84 Å². The van der Waals surface area contributed by atoms with Crippen LogP contribution >= 0.6 is 0 Å². The number of fused-ring (bicyclic) bond motifs is 1. The Hall–Kier alpha value is -3.25. The first-order valence-electron chi connectivity index (χ1n) is 9.85. The summed E-state index contributed by atoms with van der Waals surface area (Å²) in [6, 6.07) is 13.9. The van der Waals surface area contributed by atoms with Crippen LogP contribution in [0.5, 0.6) is 5.75 Å². The van der Waals surface area contributed by atoms with Gasteiger partial charge in [0.05, 0.1) is 23.9 Å². The van der Waals surface area contributed by atoms with Gasteiger partial charge in [0, 0.05) is 40.9 Å². The van der Waals surface area contributed by atoms with Gasteiger partial charge in [-0.15, -0.1) is 0 Å². The number of ether oxygens (including phenoxy) is 1. The Bertz CT molecular complexity index is 1140. The summed E-state index contributed by atoms with van der Waals surface area (Å²) in [6.07, 6.45) is 2.91. The molecule has 0 aliphatic carbocycles. The molecule has 0 saturated carbocycles. The molecule has 4 rings (SSSR count). The summed E-state index contributed by atoms with van der Waals surface area (Å²) in [5.74, 6) is 0.646. The van der Waals surface area contributed by atoms with Crippen LogP contribution in [0.25, 0.3) is 33.4 Å². The van der Waals surface area contributed by atoms with E-state index in [9.17, 15) is 5.11 Å². The van der Waals surface area contributed by atoms with Crippen molar-refractivity contribution in [2.24, 2.45) is 0 Å². The Morgan fingerprint density at radius 3 is 2.55 bits per heavy atom. The van der Waals surface area contributed by atoms with Crippen LogP contribution in [0.3, 0.4) is 0 Å². The van der Waals surface area contributed by atoms with Crippen molar-refractivity contribution in [3.63, 3.8) is 0 Å². The van der Waals surface area contributed by atoms with Crippen molar-refractivity contribution in [3.05, 3.63) is 60.6 Å². The maximum absolute atomic E-state index is 10.3. The molecule has 148 valence electrons. The minimum absolute atomic E-state index is 0.518. The van der Waals surface area contributed by atoms with Gasteiger partial charge in [-0.25, -0.2) is 9.97 Å². The molecule has 0 fully saturated rings. The minimum Gasteiger partial charge on any atom is -0.493 e. The Morgan fingerprint density at radius 2 is 1.86 bits per heavy atom. The van der Waals surface area contributed by atoms with Crippen LogP contribution in [0.4, 0.5) is 0 Å². The molecule has 2 heterocycles. The van der Waals surface area contributed by atoms with Gasteiger partial charge in [0.1, 0.15) is 17.8 Å². The molecule has 2 aromatic carbocycles. The molecule has 0 bridgehead atoms. The third-order valence-electron chi connectivity index (χ3n) is 4.90. The zero-order chi connectivity index (χ0) is 20.4. The molecular formula is C23H24N4O2. The highest BCUT2D eigenvalue weighted by Crippen LogP contribution is 2.37. The third-order valence-corrected chi connectivity index (χ3v) is 4.90. The Labute approximate surface area is 169 Å². The van der Waals surface area contributed by atoms with Crippen molar-refractivity contribution in [1.29, 1.82) is 0 Å². The standard InChI is InChI=1S/C23H24N4O2/c1-4-27-13-19(22(26-27)16-9-7-6-8-10-16)23-18-11-17(15(3)28)21(29-5-2)12-20(18)24-14-25-23/h6-15,28H,4-5H2,1-3H3. The first-order chi connectivity index (χ1) is 14.1. The molecule has 1 unspecified atom stereocenters. The molecule has 6 nitrogen and oxygen atoms in total. The average molecular weight is 388 g/mol. The van der Waals surface area contributed by atoms with Gasteiger partial charge in [0.15, 0.2) is 0 Å². The van der Waals surface area contributed by atoms with E-state index in [2.05, 4.69) is 16.9 Å². The fourth-order valence-corrected chi connectivity index (χ4v) is 3.49. The van der Waals surface area contributed by atoms with Crippen LogP contribution < -0.4 is 4.74 Å². The molecule has 29 heavy (non-hydrogen) atoms. The SMILES string of the molecule is CCOc1cc2ncnc(-c3cn(CC)nc3-c3ccccc3)c2cc1C(C)O. The molecule has 0 spiro atoms. The minimum atomic E-state index is -0.666. The quantitative estimate of drug-likeness (QED) is 0.521. The summed E-state index contributed by atoms with van der Waals surface area (Å²) in [5, 5.41) is 15.9. The van der Waals surface area contributed by atoms with Crippen LogP contribution in [0, 0.1) is 0 Å². The van der Waals surface area contributed by atoms with Crippen LogP contribution in [0.1, 0.15) is 32.4 Å². The molecule has 4 aromatic rings. The Morgan fingerprint density at radius 1 is 1.07 bits per heavy atom. The van der Waals surface area contributed by atoms with Gasteiger partial charge in [0.25, 0.3) is 0 Å². The Balaban J connectivity index is 1.97. The van der Waals surface area contributed by atoms with E-state index in [1.54, 1.807) is 13.3 Å². The lowest BCUT2D eigenvalue weighted by molar-refractivity contribution is 0.192. The molecule has 0 amide bonds. The average Bonchev–Trinajstić information content (AvgIpc) is 3.18. The predicted octanol–water partition coefficient (Wildman–Crippen LogP) is 4.63. The number of hydrogen-bond acceptors (Lipinski definition) is 5. The maximum atomic E-state index is 10.3. The van der Waals surface area contributed by atoms with Crippen LogP contribution in [-0.2, 0) is 6.54 Å². The number of aliphatic hydroxyl groups is 1. The van der Waals surface area contributed by atoms with Gasteiger partial charge < -0.3 is 9.84 Å². The summed E-state index contributed by atoms with van der Waals surface area (Å²) in [5.41, 5.74) is 5.12. The van der Waals surface area contributed by atoms with Gasteiger partial charge in [-0.2, -0.15) is 5.10 Å². The largest absolute Gasteiger partial charge is 0.493 e. The first kappa shape index (κ1) is 19.1. The molecule has 6 heteroatoms. The number of aryl methyl sites for hydroxylation is 1. The summed E-state index contributed by atoms with van der Waals surface area (Å²) in [4.78, 5) is 9.04. The zero-order valence-corrected chi connectivity index (χ0v) is 16.8. The van der Waals surface area contributed by atoms with Gasteiger partial charge in [-0.1, -0.05) is 30.3 Å². The second-order valence-corrected chi connectivity index (χ2v) is 6.85. The van der Waals surface area contributed by atoms with E-state index in [-0.39, 0.29) is 0 Å². The van der Waals surface area contributed by atoms with Crippen LogP contribution in [-0.4, -0.2) is 31.5 Å². The van der Waals surface area contributed by atoms with Gasteiger partial charge in [-0.3, -0.25) is 4.68 Å². The van der Waals surface area contributed by atoms with Crippen molar-refractivity contribution in [3.8, 4) is 28.3 Å². The number of aromatic nitrogens is 4. The van der Waals surface area contributed by atoms with E-state index in [0.717, 1.165) is 45.5 Å². The lowest BCUT2D eigenvalue weighted by Gasteiger charge is -2.15. The smallest absolute Gasteiger partial charge is 0.127 e. The summed E-state index contributed by atoms with van der Waals surface area (Å²) >= 11 is 0. The monoisotopic (exact) mass is 388 g/mol. The lowest BCUT2D eigenvalue weighted by Crippen LogP contribution is -2.01. The lowest BCUT2D eigenvalue weighted by atomic mass is 10.00. The molecule has 1 atom stereocenters. The summed E-state index contributed by atoms with van der Waals surface area (Å²) < 4.78 is 7.64. The van der Waals surface area contributed by atoms with Crippen molar-refractivity contribution in [2.45, 2.75) is 33.4 Å². The first-order valence-corrected chi connectivity index (χ1v) is 9.85. The van der Waals surface area contributed by atoms with Crippen LogP contribution in [0.2, 0.25) is 0 Å². The van der Waals surface area contributed by atoms with Crippen molar-refractivity contribution in [1.82, 2.24) is 19.7 Å². The van der Waals surface area contributed by atoms with Crippen LogP contribution in [0.15, 0.2) is 55.0 Å². The van der Waals surface area contributed by atoms with E-state index in [4.69, 9.17) is 9.84 Å². The normalized spacial score (nSPS) is 12.3. The van der Waals surface area contributed by atoms with E-state index >= 15 is 0 Å². The van der Waals surface area contributed by atoms with Crippen molar-refractivity contribution in [2.75, 3.05) is 6.61 Å². The van der Waals surface area contributed by atoms with E-state index in [0.29, 0.717) is 12.4 Å². The molecule has 1 N–H and O–H groups in total. The number of rotatable bonds is 6. The Kier molecular flexibility index (Phi) is 5.27. The zero-order valence-electron chi connectivity index (χ0n) is 16.8. The molecule has 0 aliphatic heterocycles. The highest BCUT2D eigenvalue weighted by Gasteiger charge is 2.19. The number of nitrogens with zero attached hydrogens (tertiary/aromatic N) is 4. The van der Waals surface area contributed by atoms with E-state index < -0.39 is 6.10 Å². The molecule has 0 aliphatic rings. The fourth-order valence-electron chi connectivity index (χ4n) is 3.49. The van der Waals surface area contributed by atoms with Gasteiger partial charge in [-0.05, 0) is 26.8 Å². The molecule has 0 radical (unpaired) electrons. The fraction of sp³-hybridized carbons (Fsp3) is 0.261. The number of hydrogen-bond donors (Lipinski definition) is 1. The number of aliphatic hydroxyl groups excluding tert-OH is 1. The van der Waals surface area contributed by atoms with Gasteiger partial charge >= 0.3 is 0 Å². The van der Waals surface area contributed by atoms with E-state index in [1.807, 2.05) is 60.3 Å². The highest BCUT2D eigenvalue weighted by molar-refractivity contribution is 5.96. The summed E-state index contributed by atoms with van der Waals surface area (Å²) in [7, 11) is 0. The molecule has 0 saturated heterocycles. The third kappa shape index (κ3) is 3.59. The van der Waals surface area contributed by atoms with Gasteiger partial charge in [0.2, 0.25) is 0 Å². The maximum Gasteiger partial charge on any atom is 0.127 e. The molecule has 2 aromatic heterocycles. The van der Waals surface area contributed by atoms with Crippen molar-refractivity contribution >= 4 is 10.9 Å². The predicted molar refractivity (Wildman–Crippen MR) is 114 cm³/mol. The second-order valence-electron chi connectivity index (χ2n) is 6.85. The second kappa shape index (κ2) is 8.01. The molecular weight excluding hydrogens is 364 g/mol. The number of benzene rings is 2. The highest BCUT2D eigenvalue weighted by atomic mass is 16.5. The topological polar surface area (TPSA) is 73.1 Å². The van der Waals surface area contributed by atoms with E-state index in [1.165, 1.54) is 0 Å².